The Hall–Kier alpha value is -1.81. The monoisotopic (exact) mass is 458 g/mol. The number of rotatable bonds is 8. The third-order valence-corrected chi connectivity index (χ3v) is 7.71. The Balaban J connectivity index is 1.85. The van der Waals surface area contributed by atoms with Crippen molar-refractivity contribution >= 4 is 23.4 Å². The summed E-state index contributed by atoms with van der Waals surface area (Å²) >= 11 is 6.03. The molecule has 0 unspecified atom stereocenters. The molecule has 0 spiro atoms. The highest BCUT2D eigenvalue weighted by Crippen LogP contribution is 2.31. The van der Waals surface area contributed by atoms with Crippen molar-refractivity contribution in [1.29, 1.82) is 0 Å². The Kier molecular flexibility index (Phi) is 9.22. The number of halogens is 1. The summed E-state index contributed by atoms with van der Waals surface area (Å²) in [4.78, 5) is 28.4. The molecule has 2 aliphatic carbocycles. The lowest BCUT2D eigenvalue weighted by Gasteiger charge is -2.37. The van der Waals surface area contributed by atoms with Crippen LogP contribution in [-0.2, 0) is 9.59 Å². The predicted molar refractivity (Wildman–Crippen MR) is 132 cm³/mol. The van der Waals surface area contributed by atoms with Crippen molar-refractivity contribution in [2.45, 2.75) is 84.2 Å². The molecule has 0 bridgehead atoms. The number of hydrogen-bond acceptors (Lipinski definition) is 2. The molecule has 5 heteroatoms. The molecule has 1 aromatic rings. The van der Waals surface area contributed by atoms with Gasteiger partial charge in [-0.25, -0.2) is 0 Å². The van der Waals surface area contributed by atoms with Crippen LogP contribution in [0.25, 0.3) is 0 Å². The van der Waals surface area contributed by atoms with Crippen molar-refractivity contribution in [3.63, 3.8) is 0 Å². The summed E-state index contributed by atoms with van der Waals surface area (Å²) < 4.78 is 0. The molecule has 1 aromatic carbocycles. The second-order valence-electron chi connectivity index (χ2n) is 9.77. The van der Waals surface area contributed by atoms with Gasteiger partial charge in [-0.1, -0.05) is 68.2 Å². The highest BCUT2D eigenvalue weighted by Gasteiger charge is 2.35. The van der Waals surface area contributed by atoms with Gasteiger partial charge in [-0.2, -0.15) is 0 Å². The Morgan fingerprint density at radius 1 is 1.12 bits per heavy atom. The lowest BCUT2D eigenvalue weighted by molar-refractivity contribution is -0.139. The topological polar surface area (TPSA) is 49.4 Å². The van der Waals surface area contributed by atoms with Crippen LogP contribution in [0.15, 0.2) is 35.9 Å². The Morgan fingerprint density at radius 3 is 2.53 bits per heavy atom. The minimum absolute atomic E-state index is 0.0871. The van der Waals surface area contributed by atoms with Crippen LogP contribution in [0.4, 0.5) is 0 Å². The van der Waals surface area contributed by atoms with E-state index in [1.54, 1.807) is 4.90 Å². The number of nitrogens with one attached hydrogen (secondary N) is 1. The number of benzene rings is 1. The molecule has 1 fully saturated rings. The highest BCUT2D eigenvalue weighted by atomic mass is 35.5. The first-order valence-corrected chi connectivity index (χ1v) is 12.8. The zero-order valence-electron chi connectivity index (χ0n) is 19.9. The van der Waals surface area contributed by atoms with E-state index >= 15 is 0 Å². The molecule has 0 aromatic heterocycles. The van der Waals surface area contributed by atoms with E-state index in [4.69, 9.17) is 11.6 Å². The van der Waals surface area contributed by atoms with Crippen LogP contribution in [-0.4, -0.2) is 35.2 Å². The van der Waals surface area contributed by atoms with Gasteiger partial charge < -0.3 is 10.2 Å². The van der Waals surface area contributed by atoms with Crippen LogP contribution >= 0.6 is 11.6 Å². The van der Waals surface area contributed by atoms with Gasteiger partial charge in [0, 0.05) is 12.6 Å². The maximum atomic E-state index is 13.7. The van der Waals surface area contributed by atoms with Crippen LogP contribution in [0.1, 0.15) is 82.4 Å². The number of amides is 2. The standard InChI is InChI=1S/C27H39ClN2O2/c1-19-12-14-23(15-13-19)26(27(32)29-24-11-7-8-20(2)21(24)3)30(25(31)18-28)17-16-22-9-5-4-6-10-22/h9,12-15,20-21,24,26H,4-8,10-11,16-18H2,1-3H3,(H,29,32)/t20-,21-,24-,26-/m1/s1. The lowest BCUT2D eigenvalue weighted by atomic mass is 9.78. The predicted octanol–water partition coefficient (Wildman–Crippen LogP) is 5.93. The molecule has 4 nitrogen and oxygen atoms in total. The van der Waals surface area contributed by atoms with Crippen molar-refractivity contribution in [2.24, 2.45) is 11.8 Å². The quantitative estimate of drug-likeness (QED) is 0.387. The molecule has 1 saturated carbocycles. The second kappa shape index (κ2) is 11.9. The summed E-state index contributed by atoms with van der Waals surface area (Å²) in [5, 5.41) is 3.32. The Morgan fingerprint density at radius 2 is 1.88 bits per heavy atom. The van der Waals surface area contributed by atoms with E-state index < -0.39 is 6.04 Å². The van der Waals surface area contributed by atoms with Gasteiger partial charge in [-0.15, -0.1) is 11.6 Å². The van der Waals surface area contributed by atoms with Gasteiger partial charge in [0.15, 0.2) is 0 Å². The van der Waals surface area contributed by atoms with Crippen LogP contribution in [0, 0.1) is 18.8 Å². The molecule has 176 valence electrons. The Labute approximate surface area is 198 Å². The number of nitrogens with zero attached hydrogens (tertiary/aromatic N) is 1. The fourth-order valence-electron chi connectivity index (χ4n) is 5.14. The minimum atomic E-state index is -0.657. The maximum absolute atomic E-state index is 13.7. The number of allylic oxidation sites excluding steroid dienone is 1. The van der Waals surface area contributed by atoms with E-state index in [1.807, 2.05) is 31.2 Å². The molecule has 0 heterocycles. The van der Waals surface area contributed by atoms with Gasteiger partial charge in [-0.3, -0.25) is 9.59 Å². The van der Waals surface area contributed by atoms with E-state index in [1.165, 1.54) is 24.8 Å². The smallest absolute Gasteiger partial charge is 0.247 e. The van der Waals surface area contributed by atoms with Gasteiger partial charge in [0.2, 0.25) is 11.8 Å². The van der Waals surface area contributed by atoms with Crippen molar-refractivity contribution in [2.75, 3.05) is 12.4 Å². The van der Waals surface area contributed by atoms with E-state index in [2.05, 4.69) is 25.2 Å². The van der Waals surface area contributed by atoms with E-state index in [0.29, 0.717) is 18.4 Å². The summed E-state index contributed by atoms with van der Waals surface area (Å²) in [6, 6.07) is 7.45. The molecule has 0 saturated heterocycles. The number of carbonyl (C=O) groups is 2. The molecule has 3 rings (SSSR count). The third kappa shape index (κ3) is 6.37. The summed E-state index contributed by atoms with van der Waals surface area (Å²) in [7, 11) is 0. The average molecular weight is 459 g/mol. The molecule has 32 heavy (non-hydrogen) atoms. The molecular formula is C27H39ClN2O2. The first kappa shape index (κ1) is 24.8. The van der Waals surface area contributed by atoms with E-state index in [9.17, 15) is 9.59 Å². The maximum Gasteiger partial charge on any atom is 0.247 e. The normalized spacial score (nSPS) is 24.4. The van der Waals surface area contributed by atoms with Crippen molar-refractivity contribution < 1.29 is 9.59 Å². The van der Waals surface area contributed by atoms with Crippen molar-refractivity contribution in [1.82, 2.24) is 10.2 Å². The first-order chi connectivity index (χ1) is 15.4. The highest BCUT2D eigenvalue weighted by molar-refractivity contribution is 6.27. The van der Waals surface area contributed by atoms with Crippen molar-refractivity contribution in [3.05, 3.63) is 47.0 Å². The molecule has 2 aliphatic rings. The number of aryl methyl sites for hydroxylation is 1. The van der Waals surface area contributed by atoms with Crippen LogP contribution < -0.4 is 5.32 Å². The first-order valence-electron chi connectivity index (χ1n) is 12.3. The fraction of sp³-hybridized carbons (Fsp3) is 0.630. The second-order valence-corrected chi connectivity index (χ2v) is 10.0. The molecule has 0 radical (unpaired) electrons. The number of carbonyl (C=O) groups excluding carboxylic acids is 2. The summed E-state index contributed by atoms with van der Waals surface area (Å²) in [5.74, 6) is 0.623. The lowest BCUT2D eigenvalue weighted by Crippen LogP contribution is -2.50. The molecule has 1 N–H and O–H groups in total. The van der Waals surface area contributed by atoms with Gasteiger partial charge in [0.25, 0.3) is 0 Å². The van der Waals surface area contributed by atoms with Crippen LogP contribution in [0.3, 0.4) is 0 Å². The average Bonchev–Trinajstić information content (AvgIpc) is 2.80. The van der Waals surface area contributed by atoms with E-state index in [0.717, 1.165) is 43.2 Å². The summed E-state index contributed by atoms with van der Waals surface area (Å²) in [5.41, 5.74) is 3.37. The fourth-order valence-corrected chi connectivity index (χ4v) is 5.29. The van der Waals surface area contributed by atoms with Crippen LogP contribution in [0.2, 0.25) is 0 Å². The molecule has 0 aliphatic heterocycles. The van der Waals surface area contributed by atoms with Gasteiger partial charge in [0.05, 0.1) is 0 Å². The van der Waals surface area contributed by atoms with Crippen molar-refractivity contribution in [3.8, 4) is 0 Å². The molecular weight excluding hydrogens is 420 g/mol. The zero-order chi connectivity index (χ0) is 23.1. The largest absolute Gasteiger partial charge is 0.351 e. The number of hydrogen-bond donors (Lipinski definition) is 1. The third-order valence-electron chi connectivity index (χ3n) is 7.48. The van der Waals surface area contributed by atoms with Gasteiger partial charge in [-0.05, 0) is 62.8 Å². The Bertz CT molecular complexity index is 804. The van der Waals surface area contributed by atoms with Gasteiger partial charge >= 0.3 is 0 Å². The zero-order valence-corrected chi connectivity index (χ0v) is 20.7. The summed E-state index contributed by atoms with van der Waals surface area (Å²) in [6.07, 6.45) is 11.1. The SMILES string of the molecule is Cc1ccc([C@H](C(=O)N[C@@H]2CCC[C@@H](C)[C@H]2C)N(CCC2=CCCCC2)C(=O)CCl)cc1. The van der Waals surface area contributed by atoms with E-state index in [-0.39, 0.29) is 23.7 Å². The van der Waals surface area contributed by atoms with Crippen LogP contribution in [0.5, 0.6) is 0 Å². The number of alkyl halides is 1. The minimum Gasteiger partial charge on any atom is -0.351 e. The summed E-state index contributed by atoms with van der Waals surface area (Å²) in [6.45, 7) is 7.04. The molecule has 4 atom stereocenters. The molecule has 2 amide bonds. The van der Waals surface area contributed by atoms with Gasteiger partial charge in [0.1, 0.15) is 11.9 Å².